The standard InChI is InChI=1S/C19H18ClFN2O3/c1-12-2-4-16(11-22-12)23-7-6-19(26,18(23)25)17(24)5-3-13-8-14(20)10-15(21)9-13/h2,4,8-11,26H,3,5-7H2,1H3/t19-/m1/s1. The minimum atomic E-state index is -2.05. The van der Waals surface area contributed by atoms with Crippen LogP contribution in [0.3, 0.4) is 0 Å². The third kappa shape index (κ3) is 3.61. The number of nitrogens with zero attached hydrogens (tertiary/aromatic N) is 2. The highest BCUT2D eigenvalue weighted by atomic mass is 35.5. The Bertz CT molecular complexity index is 836. The molecule has 5 nitrogen and oxygen atoms in total. The number of rotatable bonds is 5. The van der Waals surface area contributed by atoms with Crippen LogP contribution >= 0.6 is 11.6 Å². The third-order valence-electron chi connectivity index (χ3n) is 4.53. The van der Waals surface area contributed by atoms with Gasteiger partial charge >= 0.3 is 0 Å². The summed E-state index contributed by atoms with van der Waals surface area (Å²) in [4.78, 5) is 30.6. The van der Waals surface area contributed by atoms with Crippen LogP contribution in [0.1, 0.15) is 24.1 Å². The Morgan fingerprint density at radius 1 is 1.38 bits per heavy atom. The Balaban J connectivity index is 1.70. The number of benzene rings is 1. The van der Waals surface area contributed by atoms with Crippen LogP contribution in [0.2, 0.25) is 5.02 Å². The van der Waals surface area contributed by atoms with Crippen LogP contribution in [0.5, 0.6) is 0 Å². The summed E-state index contributed by atoms with van der Waals surface area (Å²) < 4.78 is 13.4. The second-order valence-electron chi connectivity index (χ2n) is 6.43. The summed E-state index contributed by atoms with van der Waals surface area (Å²) in [6.45, 7) is 2.06. The highest BCUT2D eigenvalue weighted by Crippen LogP contribution is 2.30. The number of amides is 1. The van der Waals surface area contributed by atoms with Crippen molar-refractivity contribution >= 4 is 29.0 Å². The normalized spacial score (nSPS) is 19.8. The van der Waals surface area contributed by atoms with Gasteiger partial charge in [0.05, 0.1) is 11.9 Å². The zero-order valence-electron chi connectivity index (χ0n) is 14.2. The molecule has 2 heterocycles. The molecule has 0 bridgehead atoms. The average Bonchev–Trinajstić information content (AvgIpc) is 2.89. The highest BCUT2D eigenvalue weighted by molar-refractivity contribution is 6.30. The molecule has 1 aliphatic heterocycles. The molecule has 136 valence electrons. The SMILES string of the molecule is Cc1ccc(N2CC[C@@](O)(C(=O)CCc3cc(F)cc(Cl)c3)C2=O)cn1. The van der Waals surface area contributed by atoms with Gasteiger partial charge < -0.3 is 10.0 Å². The van der Waals surface area contributed by atoms with Crippen LogP contribution in [0.15, 0.2) is 36.5 Å². The first kappa shape index (κ1) is 18.5. The molecule has 1 fully saturated rings. The Morgan fingerprint density at radius 3 is 2.81 bits per heavy atom. The summed E-state index contributed by atoms with van der Waals surface area (Å²) in [7, 11) is 0. The van der Waals surface area contributed by atoms with E-state index in [0.717, 1.165) is 5.69 Å². The number of pyridine rings is 1. The second kappa shape index (κ2) is 7.13. The minimum Gasteiger partial charge on any atom is -0.373 e. The Hall–Kier alpha value is -2.31. The number of hydrogen-bond acceptors (Lipinski definition) is 4. The van der Waals surface area contributed by atoms with Gasteiger partial charge in [-0.1, -0.05) is 11.6 Å². The number of aliphatic hydroxyl groups is 1. The number of ketones is 1. The minimum absolute atomic E-state index is 0.0163. The molecule has 1 atom stereocenters. The maximum atomic E-state index is 13.4. The molecule has 2 aromatic rings. The summed E-state index contributed by atoms with van der Waals surface area (Å²) in [6, 6.07) is 7.50. The van der Waals surface area contributed by atoms with Crippen molar-refractivity contribution in [1.82, 2.24) is 4.98 Å². The topological polar surface area (TPSA) is 70.5 Å². The van der Waals surface area contributed by atoms with Gasteiger partial charge in [0.1, 0.15) is 5.82 Å². The van der Waals surface area contributed by atoms with Crippen LogP contribution in [-0.2, 0) is 16.0 Å². The van der Waals surface area contributed by atoms with Gasteiger partial charge in [-0.25, -0.2) is 4.39 Å². The van der Waals surface area contributed by atoms with Crippen LogP contribution in [0.4, 0.5) is 10.1 Å². The van der Waals surface area contributed by atoms with Gasteiger partial charge in [0.15, 0.2) is 5.78 Å². The molecule has 1 amide bonds. The largest absolute Gasteiger partial charge is 0.373 e. The lowest BCUT2D eigenvalue weighted by Gasteiger charge is -2.21. The smallest absolute Gasteiger partial charge is 0.266 e. The zero-order chi connectivity index (χ0) is 18.9. The van der Waals surface area contributed by atoms with Gasteiger partial charge in [-0.3, -0.25) is 14.6 Å². The van der Waals surface area contributed by atoms with E-state index in [1.54, 1.807) is 18.2 Å². The molecule has 1 aromatic carbocycles. The number of Topliss-reactive ketones (excluding diaryl/α,β-unsaturated/α-hetero) is 1. The molecule has 1 saturated heterocycles. The lowest BCUT2D eigenvalue weighted by atomic mass is 9.92. The van der Waals surface area contributed by atoms with Gasteiger partial charge in [-0.05, 0) is 49.2 Å². The fourth-order valence-electron chi connectivity index (χ4n) is 3.05. The number of carbonyl (C=O) groups is 2. The summed E-state index contributed by atoms with van der Waals surface area (Å²) in [5.74, 6) is -1.72. The fraction of sp³-hybridized carbons (Fsp3) is 0.316. The Kier molecular flexibility index (Phi) is 5.07. The summed E-state index contributed by atoms with van der Waals surface area (Å²) in [5.41, 5.74) is -0.166. The molecule has 1 aromatic heterocycles. The van der Waals surface area contributed by atoms with E-state index >= 15 is 0 Å². The molecule has 0 spiro atoms. The van der Waals surface area contributed by atoms with E-state index in [-0.39, 0.29) is 30.8 Å². The molecular formula is C19H18ClFN2O3. The molecule has 0 saturated carbocycles. The van der Waals surface area contributed by atoms with Gasteiger partial charge in [0.2, 0.25) is 5.60 Å². The molecule has 0 radical (unpaired) electrons. The molecule has 1 aliphatic rings. The second-order valence-corrected chi connectivity index (χ2v) is 6.86. The van der Waals surface area contributed by atoms with Gasteiger partial charge in [0, 0.05) is 30.1 Å². The lowest BCUT2D eigenvalue weighted by Crippen LogP contribution is -2.47. The van der Waals surface area contributed by atoms with E-state index < -0.39 is 23.1 Å². The van der Waals surface area contributed by atoms with E-state index in [1.165, 1.54) is 23.2 Å². The van der Waals surface area contributed by atoms with E-state index in [1.807, 2.05) is 6.92 Å². The maximum Gasteiger partial charge on any atom is 0.266 e. The summed E-state index contributed by atoms with van der Waals surface area (Å²) >= 11 is 5.80. The highest BCUT2D eigenvalue weighted by Gasteiger charge is 2.50. The van der Waals surface area contributed by atoms with E-state index in [2.05, 4.69) is 4.98 Å². The van der Waals surface area contributed by atoms with Crippen molar-refractivity contribution < 1.29 is 19.1 Å². The fourth-order valence-corrected chi connectivity index (χ4v) is 3.29. The third-order valence-corrected chi connectivity index (χ3v) is 4.75. The van der Waals surface area contributed by atoms with Gasteiger partial charge in [-0.15, -0.1) is 0 Å². The van der Waals surface area contributed by atoms with Gasteiger partial charge in [0.25, 0.3) is 5.91 Å². The number of aryl methyl sites for hydroxylation is 2. The van der Waals surface area contributed by atoms with Crippen molar-refractivity contribution in [2.24, 2.45) is 0 Å². The van der Waals surface area contributed by atoms with Crippen molar-refractivity contribution in [2.75, 3.05) is 11.4 Å². The summed E-state index contributed by atoms with van der Waals surface area (Å²) in [5, 5.41) is 10.9. The molecular weight excluding hydrogens is 359 g/mol. The first-order valence-electron chi connectivity index (χ1n) is 8.25. The van der Waals surface area contributed by atoms with Crippen LogP contribution in [0.25, 0.3) is 0 Å². The quantitative estimate of drug-likeness (QED) is 0.814. The van der Waals surface area contributed by atoms with Crippen LogP contribution in [0, 0.1) is 12.7 Å². The number of anilines is 1. The number of halogens is 2. The Morgan fingerprint density at radius 2 is 2.15 bits per heavy atom. The zero-order valence-corrected chi connectivity index (χ0v) is 15.0. The number of aromatic nitrogens is 1. The first-order valence-corrected chi connectivity index (χ1v) is 8.63. The predicted molar refractivity (Wildman–Crippen MR) is 95.6 cm³/mol. The van der Waals surface area contributed by atoms with Gasteiger partial charge in [-0.2, -0.15) is 0 Å². The van der Waals surface area contributed by atoms with E-state index in [0.29, 0.717) is 11.3 Å². The lowest BCUT2D eigenvalue weighted by molar-refractivity contribution is -0.147. The molecule has 3 rings (SSSR count). The van der Waals surface area contributed by atoms with Crippen molar-refractivity contribution in [3.05, 3.63) is 58.6 Å². The molecule has 0 unspecified atom stereocenters. The number of hydrogen-bond donors (Lipinski definition) is 1. The maximum absolute atomic E-state index is 13.4. The summed E-state index contributed by atoms with van der Waals surface area (Å²) in [6.07, 6.45) is 1.67. The van der Waals surface area contributed by atoms with E-state index in [4.69, 9.17) is 11.6 Å². The first-order chi connectivity index (χ1) is 12.3. The predicted octanol–water partition coefficient (Wildman–Crippen LogP) is 2.85. The molecule has 1 N–H and O–H groups in total. The monoisotopic (exact) mass is 376 g/mol. The van der Waals surface area contributed by atoms with Crippen molar-refractivity contribution in [2.45, 2.75) is 31.8 Å². The van der Waals surface area contributed by atoms with Crippen molar-refractivity contribution in [3.8, 4) is 0 Å². The van der Waals surface area contributed by atoms with Crippen LogP contribution in [-0.4, -0.2) is 33.9 Å². The van der Waals surface area contributed by atoms with Crippen LogP contribution < -0.4 is 4.90 Å². The molecule has 26 heavy (non-hydrogen) atoms. The van der Waals surface area contributed by atoms with Crippen molar-refractivity contribution in [1.29, 1.82) is 0 Å². The molecule has 7 heteroatoms. The molecule has 0 aliphatic carbocycles. The average molecular weight is 377 g/mol. The Labute approximate surface area is 155 Å². The van der Waals surface area contributed by atoms with Crippen molar-refractivity contribution in [3.63, 3.8) is 0 Å². The number of carbonyl (C=O) groups excluding carboxylic acids is 2. The van der Waals surface area contributed by atoms with E-state index in [9.17, 15) is 19.1 Å².